The van der Waals surface area contributed by atoms with Gasteiger partial charge in [-0.15, -0.1) is 0 Å². The zero-order valence-corrected chi connectivity index (χ0v) is 12.5. The second-order valence-corrected chi connectivity index (χ2v) is 4.92. The van der Waals surface area contributed by atoms with Crippen molar-refractivity contribution in [1.82, 2.24) is 9.55 Å². The molecule has 0 radical (unpaired) electrons. The fourth-order valence-corrected chi connectivity index (χ4v) is 2.09. The van der Waals surface area contributed by atoms with Crippen molar-refractivity contribution in [2.24, 2.45) is 10.7 Å². The van der Waals surface area contributed by atoms with Crippen molar-refractivity contribution in [1.29, 1.82) is 0 Å². The average Bonchev–Trinajstić information content (AvgIpc) is 2.94. The van der Waals surface area contributed by atoms with E-state index in [2.05, 4.69) is 9.98 Å². The van der Waals surface area contributed by atoms with Crippen molar-refractivity contribution >= 4 is 11.7 Å². The number of ether oxygens (including phenoxy) is 1. The summed E-state index contributed by atoms with van der Waals surface area (Å²) in [4.78, 5) is 8.14. The third kappa shape index (κ3) is 3.55. The molecule has 0 aliphatic heterocycles. The smallest absolute Gasteiger partial charge is 0.292 e. The maximum absolute atomic E-state index is 14.2. The summed E-state index contributed by atoms with van der Waals surface area (Å²) in [7, 11) is 0. The van der Waals surface area contributed by atoms with Gasteiger partial charge in [0.15, 0.2) is 0 Å². The van der Waals surface area contributed by atoms with E-state index in [1.807, 2.05) is 25.1 Å². The average molecular weight is 310 g/mol. The van der Waals surface area contributed by atoms with Crippen molar-refractivity contribution in [3.63, 3.8) is 0 Å². The van der Waals surface area contributed by atoms with Crippen LogP contribution < -0.4 is 10.5 Å². The number of aromatic nitrogens is 2. The van der Waals surface area contributed by atoms with Crippen molar-refractivity contribution < 1.29 is 9.13 Å². The highest BCUT2D eigenvalue weighted by atomic mass is 19.1. The van der Waals surface area contributed by atoms with Crippen LogP contribution in [0.3, 0.4) is 0 Å². The highest BCUT2D eigenvalue weighted by molar-refractivity contribution is 5.77. The number of para-hydroxylation sites is 1. The minimum atomic E-state index is -0.420. The number of halogens is 1. The molecule has 0 aliphatic carbocycles. The molecule has 0 atom stereocenters. The third-order valence-electron chi connectivity index (χ3n) is 3.13. The lowest BCUT2D eigenvalue weighted by molar-refractivity contribution is 0.542. The lowest BCUT2D eigenvalue weighted by Gasteiger charge is -2.06. The summed E-state index contributed by atoms with van der Waals surface area (Å²) in [5.41, 5.74) is 7.31. The normalized spacial score (nSPS) is 11.5. The first-order chi connectivity index (χ1) is 11.1. The van der Waals surface area contributed by atoms with E-state index in [0.717, 1.165) is 5.69 Å². The second-order valence-electron chi connectivity index (χ2n) is 4.92. The van der Waals surface area contributed by atoms with Crippen LogP contribution in [0.5, 0.6) is 5.75 Å². The van der Waals surface area contributed by atoms with Gasteiger partial charge in [-0.05, 0) is 31.2 Å². The minimum absolute atomic E-state index is 0.0539. The van der Waals surface area contributed by atoms with E-state index in [1.54, 1.807) is 41.4 Å². The quantitative estimate of drug-likeness (QED) is 0.596. The van der Waals surface area contributed by atoms with Crippen LogP contribution in [0, 0.1) is 12.7 Å². The molecule has 0 saturated carbocycles. The van der Waals surface area contributed by atoms with Crippen LogP contribution in [-0.4, -0.2) is 15.6 Å². The SMILES string of the molecule is Cc1cn(-c2ccc(N=C(N)Oc3ccccc3)cc2F)cn1. The Hall–Kier alpha value is -3.15. The largest absolute Gasteiger partial charge is 0.426 e. The predicted octanol–water partition coefficient (Wildman–Crippen LogP) is 3.35. The summed E-state index contributed by atoms with van der Waals surface area (Å²) in [6.45, 7) is 1.84. The molecule has 5 nitrogen and oxygen atoms in total. The van der Waals surface area contributed by atoms with Gasteiger partial charge >= 0.3 is 0 Å². The Balaban J connectivity index is 1.81. The van der Waals surface area contributed by atoms with Gasteiger partial charge < -0.3 is 15.0 Å². The summed E-state index contributed by atoms with van der Waals surface area (Å²) >= 11 is 0. The molecule has 6 heteroatoms. The number of aliphatic imine (C=N–C) groups is 1. The first-order valence-electron chi connectivity index (χ1n) is 6.99. The van der Waals surface area contributed by atoms with E-state index in [1.165, 1.54) is 6.07 Å². The summed E-state index contributed by atoms with van der Waals surface area (Å²) in [5.74, 6) is 0.149. The van der Waals surface area contributed by atoms with Gasteiger partial charge in [-0.3, -0.25) is 0 Å². The molecule has 0 aliphatic rings. The predicted molar refractivity (Wildman–Crippen MR) is 86.6 cm³/mol. The Bertz CT molecular complexity index is 843. The summed E-state index contributed by atoms with van der Waals surface area (Å²) in [6.07, 6.45) is 3.30. The number of hydrogen-bond acceptors (Lipinski definition) is 3. The van der Waals surface area contributed by atoms with Crippen molar-refractivity contribution in [3.8, 4) is 11.4 Å². The zero-order chi connectivity index (χ0) is 16.2. The van der Waals surface area contributed by atoms with Crippen LogP contribution in [0.4, 0.5) is 10.1 Å². The summed E-state index contributed by atoms with van der Waals surface area (Å²) in [6, 6.07) is 13.6. The van der Waals surface area contributed by atoms with Gasteiger partial charge in [-0.2, -0.15) is 4.99 Å². The minimum Gasteiger partial charge on any atom is -0.426 e. The number of amidine groups is 1. The number of aryl methyl sites for hydroxylation is 1. The number of imidazole rings is 1. The van der Waals surface area contributed by atoms with Crippen LogP contribution in [0.2, 0.25) is 0 Å². The molecule has 3 aromatic rings. The Kier molecular flexibility index (Phi) is 4.05. The molecule has 1 aromatic heterocycles. The van der Waals surface area contributed by atoms with E-state index in [0.29, 0.717) is 17.1 Å². The molecule has 116 valence electrons. The van der Waals surface area contributed by atoms with Crippen molar-refractivity contribution in [2.75, 3.05) is 0 Å². The Labute approximate surface area is 132 Å². The summed E-state index contributed by atoms with van der Waals surface area (Å²) in [5, 5.41) is 0. The molecule has 0 bridgehead atoms. The molecule has 0 saturated heterocycles. The van der Waals surface area contributed by atoms with E-state index in [9.17, 15) is 4.39 Å². The van der Waals surface area contributed by atoms with E-state index >= 15 is 0 Å². The number of nitrogens with two attached hydrogens (primary N) is 1. The summed E-state index contributed by atoms with van der Waals surface area (Å²) < 4.78 is 21.2. The molecular formula is C17H15FN4O. The maximum Gasteiger partial charge on any atom is 0.292 e. The van der Waals surface area contributed by atoms with Gasteiger partial charge in [0.05, 0.1) is 23.4 Å². The van der Waals surface area contributed by atoms with Crippen molar-refractivity contribution in [2.45, 2.75) is 6.92 Å². The molecule has 2 N–H and O–H groups in total. The maximum atomic E-state index is 14.2. The van der Waals surface area contributed by atoms with Gasteiger partial charge in [-0.25, -0.2) is 9.37 Å². The molecule has 3 rings (SSSR count). The highest BCUT2D eigenvalue weighted by Gasteiger charge is 2.07. The molecule has 0 spiro atoms. The number of hydrogen-bond donors (Lipinski definition) is 1. The standard InChI is InChI=1S/C17H15FN4O/c1-12-10-22(11-20-12)16-8-7-13(9-15(16)18)21-17(19)23-14-5-3-2-4-6-14/h2-11H,1H3,(H2,19,21). The van der Waals surface area contributed by atoms with Gasteiger partial charge in [0.25, 0.3) is 6.02 Å². The van der Waals surface area contributed by atoms with Crippen molar-refractivity contribution in [3.05, 3.63) is 72.6 Å². The Morgan fingerprint density at radius 3 is 2.65 bits per heavy atom. The van der Waals surface area contributed by atoms with E-state index in [4.69, 9.17) is 10.5 Å². The fourth-order valence-electron chi connectivity index (χ4n) is 2.09. The van der Waals surface area contributed by atoms with Crippen LogP contribution in [0.1, 0.15) is 5.69 Å². The molecule has 23 heavy (non-hydrogen) atoms. The van der Waals surface area contributed by atoms with Gasteiger partial charge in [0.2, 0.25) is 0 Å². The van der Waals surface area contributed by atoms with Crippen LogP contribution in [0.15, 0.2) is 66.0 Å². The van der Waals surface area contributed by atoms with Gasteiger partial charge in [0.1, 0.15) is 11.6 Å². The lowest BCUT2D eigenvalue weighted by atomic mass is 10.2. The lowest BCUT2D eigenvalue weighted by Crippen LogP contribution is -2.19. The third-order valence-corrected chi connectivity index (χ3v) is 3.13. The fraction of sp³-hybridized carbons (Fsp3) is 0.0588. The van der Waals surface area contributed by atoms with Crippen LogP contribution in [0.25, 0.3) is 5.69 Å². The first kappa shape index (κ1) is 14.8. The second kappa shape index (κ2) is 6.31. The monoisotopic (exact) mass is 310 g/mol. The molecule has 2 aromatic carbocycles. The highest BCUT2D eigenvalue weighted by Crippen LogP contribution is 2.21. The van der Waals surface area contributed by atoms with Gasteiger partial charge in [0, 0.05) is 12.3 Å². The topological polar surface area (TPSA) is 65.4 Å². The van der Waals surface area contributed by atoms with Crippen LogP contribution >= 0.6 is 0 Å². The van der Waals surface area contributed by atoms with E-state index < -0.39 is 5.82 Å². The van der Waals surface area contributed by atoms with Crippen LogP contribution in [-0.2, 0) is 0 Å². The number of benzene rings is 2. The van der Waals surface area contributed by atoms with Gasteiger partial charge in [-0.1, -0.05) is 18.2 Å². The first-order valence-corrected chi connectivity index (χ1v) is 6.99. The Morgan fingerprint density at radius 2 is 2.00 bits per heavy atom. The van der Waals surface area contributed by atoms with E-state index in [-0.39, 0.29) is 6.02 Å². The Morgan fingerprint density at radius 1 is 1.22 bits per heavy atom. The zero-order valence-electron chi connectivity index (χ0n) is 12.5. The number of rotatable bonds is 3. The molecule has 0 amide bonds. The number of nitrogens with zero attached hydrogens (tertiary/aromatic N) is 3. The molecule has 0 unspecified atom stereocenters. The molecule has 0 fully saturated rings. The molecule has 1 heterocycles. The molecular weight excluding hydrogens is 295 g/mol.